The molecule has 0 aliphatic heterocycles. The van der Waals surface area contributed by atoms with E-state index in [0.29, 0.717) is 11.5 Å². The summed E-state index contributed by atoms with van der Waals surface area (Å²) in [6.07, 6.45) is 2.70. The Hall–Kier alpha value is -0.0400. The van der Waals surface area contributed by atoms with Gasteiger partial charge in [-0.2, -0.15) is 0 Å². The summed E-state index contributed by atoms with van der Waals surface area (Å²) >= 11 is 0. The van der Waals surface area contributed by atoms with E-state index >= 15 is 0 Å². The smallest absolute Gasteiger partial charge is 0.0619 e. The third-order valence-electron chi connectivity index (χ3n) is 2.44. The van der Waals surface area contributed by atoms with E-state index < -0.39 is 0 Å². The van der Waals surface area contributed by atoms with E-state index in [9.17, 15) is 0 Å². The fraction of sp³-hybridized carbons (Fsp3) is 1.00. The Morgan fingerprint density at radius 1 is 1.30 bits per heavy atom. The maximum absolute atomic E-state index is 5.36. The van der Waals surface area contributed by atoms with Crippen molar-refractivity contribution in [2.45, 2.75) is 46.6 Å². The zero-order chi connectivity index (χ0) is 8.20. The number of methoxy groups -OCH3 is 1. The first-order valence-electron chi connectivity index (χ1n) is 4.11. The molecule has 0 saturated carbocycles. The van der Waals surface area contributed by atoms with Crippen molar-refractivity contribution >= 4 is 0 Å². The average Bonchev–Trinajstić information content (AvgIpc) is 1.90. The van der Waals surface area contributed by atoms with Gasteiger partial charge in [0.2, 0.25) is 0 Å². The quantitative estimate of drug-likeness (QED) is 0.589. The summed E-state index contributed by atoms with van der Waals surface area (Å²) in [6.45, 7) is 8.89. The van der Waals surface area contributed by atoms with Crippen LogP contribution in [0.5, 0.6) is 0 Å². The number of rotatable bonds is 4. The molecule has 0 rings (SSSR count). The van der Waals surface area contributed by atoms with Gasteiger partial charge in [-0.3, -0.25) is 0 Å². The Balaban J connectivity index is 3.97. The Labute approximate surface area is 64.8 Å². The van der Waals surface area contributed by atoms with Gasteiger partial charge in [-0.15, -0.1) is 0 Å². The van der Waals surface area contributed by atoms with Crippen LogP contribution in [-0.4, -0.2) is 13.2 Å². The molecule has 0 radical (unpaired) electrons. The summed E-state index contributed by atoms with van der Waals surface area (Å²) < 4.78 is 5.36. The second-order valence-electron chi connectivity index (χ2n) is 3.47. The van der Waals surface area contributed by atoms with E-state index in [0.717, 1.165) is 6.42 Å². The van der Waals surface area contributed by atoms with Gasteiger partial charge in [0.25, 0.3) is 0 Å². The molecule has 0 bridgehead atoms. The molecule has 0 saturated heterocycles. The monoisotopic (exact) mass is 144 g/mol. The van der Waals surface area contributed by atoms with E-state index in [4.69, 9.17) is 4.74 Å². The Morgan fingerprint density at radius 3 is 1.90 bits per heavy atom. The maximum atomic E-state index is 5.36. The summed E-state index contributed by atoms with van der Waals surface area (Å²) in [5.74, 6) is 0. The zero-order valence-corrected chi connectivity index (χ0v) is 7.90. The van der Waals surface area contributed by atoms with Crippen LogP contribution in [0.2, 0.25) is 0 Å². The van der Waals surface area contributed by atoms with Crippen molar-refractivity contribution in [3.05, 3.63) is 0 Å². The summed E-state index contributed by atoms with van der Waals surface area (Å²) in [6, 6.07) is 0. The molecule has 0 heterocycles. The highest BCUT2D eigenvalue weighted by atomic mass is 16.5. The first-order valence-corrected chi connectivity index (χ1v) is 4.11. The van der Waals surface area contributed by atoms with Crippen molar-refractivity contribution in [2.75, 3.05) is 7.11 Å². The summed E-state index contributed by atoms with van der Waals surface area (Å²) in [5.41, 5.74) is 0.337. The van der Waals surface area contributed by atoms with Gasteiger partial charge in [-0.05, 0) is 18.3 Å². The maximum Gasteiger partial charge on any atom is 0.0619 e. The van der Waals surface area contributed by atoms with Gasteiger partial charge in [0.1, 0.15) is 0 Å². The summed E-state index contributed by atoms with van der Waals surface area (Å²) in [4.78, 5) is 0. The number of ether oxygens (including phenoxy) is 1. The molecule has 0 aromatic rings. The molecule has 62 valence electrons. The predicted octanol–water partition coefficient (Wildman–Crippen LogP) is 2.85. The van der Waals surface area contributed by atoms with E-state index in [1.807, 2.05) is 0 Å². The van der Waals surface area contributed by atoms with E-state index in [1.54, 1.807) is 7.11 Å². The minimum Gasteiger partial charge on any atom is -0.381 e. The van der Waals surface area contributed by atoms with Crippen LogP contribution in [0.3, 0.4) is 0 Å². The van der Waals surface area contributed by atoms with Crippen LogP contribution in [0.4, 0.5) is 0 Å². The van der Waals surface area contributed by atoms with Gasteiger partial charge in [0.05, 0.1) is 6.10 Å². The molecule has 0 N–H and O–H groups in total. The van der Waals surface area contributed by atoms with Gasteiger partial charge >= 0.3 is 0 Å². The molecule has 0 aliphatic rings. The van der Waals surface area contributed by atoms with Gasteiger partial charge in [-0.1, -0.05) is 27.7 Å². The first kappa shape index (κ1) is 9.96. The van der Waals surface area contributed by atoms with Gasteiger partial charge < -0.3 is 4.74 Å². The molecular weight excluding hydrogens is 124 g/mol. The van der Waals surface area contributed by atoms with Gasteiger partial charge in [-0.25, -0.2) is 0 Å². The molecule has 0 aromatic carbocycles. The van der Waals surface area contributed by atoms with Crippen molar-refractivity contribution < 1.29 is 4.74 Å². The second-order valence-corrected chi connectivity index (χ2v) is 3.47. The van der Waals surface area contributed by atoms with Crippen LogP contribution in [0.1, 0.15) is 40.5 Å². The van der Waals surface area contributed by atoms with Crippen LogP contribution in [-0.2, 0) is 4.74 Å². The fourth-order valence-corrected chi connectivity index (χ4v) is 1.27. The molecule has 0 fully saturated rings. The lowest BCUT2D eigenvalue weighted by Gasteiger charge is -2.31. The van der Waals surface area contributed by atoms with Crippen molar-refractivity contribution in [1.29, 1.82) is 0 Å². The van der Waals surface area contributed by atoms with E-state index in [2.05, 4.69) is 27.7 Å². The van der Waals surface area contributed by atoms with Crippen LogP contribution in [0.25, 0.3) is 0 Å². The third-order valence-corrected chi connectivity index (χ3v) is 2.44. The van der Waals surface area contributed by atoms with Gasteiger partial charge in [0, 0.05) is 7.11 Å². The van der Waals surface area contributed by atoms with Crippen LogP contribution < -0.4 is 0 Å². The highest BCUT2D eigenvalue weighted by Crippen LogP contribution is 2.28. The van der Waals surface area contributed by atoms with Crippen molar-refractivity contribution in [3.8, 4) is 0 Å². The predicted molar refractivity (Wildman–Crippen MR) is 45.2 cm³/mol. The molecule has 0 aromatic heterocycles. The van der Waals surface area contributed by atoms with E-state index in [-0.39, 0.29) is 0 Å². The largest absolute Gasteiger partial charge is 0.381 e. The molecule has 10 heavy (non-hydrogen) atoms. The molecule has 1 heteroatoms. The molecule has 0 amide bonds. The minimum atomic E-state index is 0.337. The lowest BCUT2D eigenvalue weighted by molar-refractivity contribution is 0.00247. The Kier molecular flexibility index (Phi) is 3.95. The van der Waals surface area contributed by atoms with Crippen molar-refractivity contribution in [1.82, 2.24) is 0 Å². The highest BCUT2D eigenvalue weighted by Gasteiger charge is 2.25. The zero-order valence-electron chi connectivity index (χ0n) is 7.90. The van der Waals surface area contributed by atoms with E-state index in [1.165, 1.54) is 6.42 Å². The number of hydrogen-bond donors (Lipinski definition) is 0. The second kappa shape index (κ2) is 3.97. The minimum absolute atomic E-state index is 0.337. The van der Waals surface area contributed by atoms with Crippen LogP contribution in [0, 0.1) is 5.41 Å². The lowest BCUT2D eigenvalue weighted by atomic mass is 9.82. The van der Waals surface area contributed by atoms with Crippen molar-refractivity contribution in [3.63, 3.8) is 0 Å². The summed E-state index contributed by atoms with van der Waals surface area (Å²) in [7, 11) is 1.80. The lowest BCUT2D eigenvalue weighted by Crippen LogP contribution is -2.29. The standard InChI is InChI=1S/C9H20O/c1-6-8(10-5)9(3,4)7-2/h8H,6-7H2,1-5H3/t8-/m0/s1. The Morgan fingerprint density at radius 2 is 1.80 bits per heavy atom. The van der Waals surface area contributed by atoms with Crippen LogP contribution in [0.15, 0.2) is 0 Å². The summed E-state index contributed by atoms with van der Waals surface area (Å²) in [5, 5.41) is 0. The molecule has 0 unspecified atom stereocenters. The SMILES string of the molecule is CC[C@H](OC)C(C)(C)CC. The first-order chi connectivity index (χ1) is 4.58. The number of hydrogen-bond acceptors (Lipinski definition) is 1. The Bertz CT molecular complexity index is 82.7. The molecule has 0 aliphatic carbocycles. The normalized spacial score (nSPS) is 15.3. The average molecular weight is 144 g/mol. The molecular formula is C9H20O. The molecule has 0 spiro atoms. The third kappa shape index (κ3) is 2.30. The fourth-order valence-electron chi connectivity index (χ4n) is 1.27. The highest BCUT2D eigenvalue weighted by molar-refractivity contribution is 4.75. The molecule has 1 nitrogen and oxygen atoms in total. The van der Waals surface area contributed by atoms with Gasteiger partial charge in [0.15, 0.2) is 0 Å². The van der Waals surface area contributed by atoms with Crippen LogP contribution >= 0.6 is 0 Å². The molecule has 1 atom stereocenters. The topological polar surface area (TPSA) is 9.23 Å². The van der Waals surface area contributed by atoms with Crippen molar-refractivity contribution in [2.24, 2.45) is 5.41 Å².